The zero-order valence-corrected chi connectivity index (χ0v) is 12.3. The lowest BCUT2D eigenvalue weighted by molar-refractivity contribution is -0.132. The molecule has 1 unspecified atom stereocenters. The minimum atomic E-state index is -2.94. The second-order valence-electron chi connectivity index (χ2n) is 5.26. The molecule has 120 valence electrons. The predicted octanol–water partition coefficient (Wildman–Crippen LogP) is 1.75. The molecule has 6 nitrogen and oxygen atoms in total. The Hall–Kier alpha value is -2.57. The van der Waals surface area contributed by atoms with Crippen LogP contribution in [0.2, 0.25) is 0 Å². The fourth-order valence-corrected chi connectivity index (χ4v) is 2.73. The first-order valence-corrected chi connectivity index (χ1v) is 6.99. The number of carbonyl (C=O) groups is 2. The third-order valence-electron chi connectivity index (χ3n) is 3.80. The number of hydrogen-bond donors (Lipinski definition) is 1. The Bertz CT molecular complexity index is 1030. The molecule has 0 radical (unpaired) electrons. The topological polar surface area (TPSA) is 81.1 Å². The van der Waals surface area contributed by atoms with Crippen LogP contribution in [0.5, 0.6) is 0 Å². The van der Waals surface area contributed by atoms with Gasteiger partial charge in [-0.25, -0.2) is 9.37 Å². The molecule has 1 aromatic heterocycles. The molecular weight excluding hydrogens is 301 g/mol. The molecule has 1 atom stereocenters. The van der Waals surface area contributed by atoms with Gasteiger partial charge in [0.1, 0.15) is 17.4 Å². The fraction of sp³-hybridized carbons (Fsp3) is 0.375. The van der Waals surface area contributed by atoms with E-state index in [0.29, 0.717) is 4.57 Å². The van der Waals surface area contributed by atoms with Crippen molar-refractivity contribution in [3.8, 4) is 0 Å². The number of carbonyl (C=O) groups excluding carboxylic acids is 2. The molecule has 0 bridgehead atoms. The normalized spacial score (nSPS) is 24.8. The average Bonchev–Trinajstić information content (AvgIpc) is 2.56. The molecule has 1 saturated carbocycles. The number of aryl methyl sites for hydroxylation is 1. The highest BCUT2D eigenvalue weighted by Gasteiger charge is 2.31. The van der Waals surface area contributed by atoms with Crippen LogP contribution in [0.25, 0.3) is 10.9 Å². The molecule has 1 N–H and O–H groups in total. The SMILES string of the molecule is [2H]C([2H])([2H])c1nc2cc(F)cc(NC)c2c(=O)n1C1([2H])CCC(=O)CC1=O. The first-order valence-electron chi connectivity index (χ1n) is 8.99. The summed E-state index contributed by atoms with van der Waals surface area (Å²) in [4.78, 5) is 41.1. The molecule has 3 rings (SSSR count). The van der Waals surface area contributed by atoms with Gasteiger partial charge in [0.05, 0.1) is 30.4 Å². The van der Waals surface area contributed by atoms with E-state index in [4.69, 9.17) is 5.48 Å². The molecule has 1 heterocycles. The highest BCUT2D eigenvalue weighted by atomic mass is 19.1. The van der Waals surface area contributed by atoms with Gasteiger partial charge in [0.25, 0.3) is 5.56 Å². The monoisotopic (exact) mass is 321 g/mol. The van der Waals surface area contributed by atoms with Gasteiger partial charge in [-0.1, -0.05) is 0 Å². The summed E-state index contributed by atoms with van der Waals surface area (Å²) in [7, 11) is 1.44. The van der Waals surface area contributed by atoms with Crippen LogP contribution in [0.4, 0.5) is 10.1 Å². The highest BCUT2D eigenvalue weighted by Crippen LogP contribution is 2.26. The molecule has 1 aromatic carbocycles. The molecule has 0 saturated heterocycles. The third kappa shape index (κ3) is 2.52. The quantitative estimate of drug-likeness (QED) is 0.852. The minimum absolute atomic E-state index is 0.0521. The summed E-state index contributed by atoms with van der Waals surface area (Å²) in [6.07, 6.45) is -1.03. The summed E-state index contributed by atoms with van der Waals surface area (Å²) in [5.41, 5.74) is -1.10. The zero-order chi connectivity index (χ0) is 20.1. The number of anilines is 1. The Labute approximate surface area is 136 Å². The Kier molecular flexibility index (Phi) is 2.67. The van der Waals surface area contributed by atoms with E-state index in [1.807, 2.05) is 0 Å². The Morgan fingerprint density at radius 2 is 2.22 bits per heavy atom. The van der Waals surface area contributed by atoms with Crippen LogP contribution < -0.4 is 10.9 Å². The van der Waals surface area contributed by atoms with E-state index >= 15 is 0 Å². The van der Waals surface area contributed by atoms with Crippen molar-refractivity contribution in [3.05, 3.63) is 34.1 Å². The summed E-state index contributed by atoms with van der Waals surface area (Å²) < 4.78 is 46.0. The fourth-order valence-electron chi connectivity index (χ4n) is 2.73. The molecule has 1 aliphatic rings. The van der Waals surface area contributed by atoms with Crippen LogP contribution in [0, 0.1) is 12.7 Å². The second kappa shape index (κ2) is 5.57. The third-order valence-corrected chi connectivity index (χ3v) is 3.80. The van der Waals surface area contributed by atoms with Gasteiger partial charge in [0, 0.05) is 23.6 Å². The lowest BCUT2D eigenvalue weighted by atomic mass is 9.92. The Morgan fingerprint density at radius 3 is 2.87 bits per heavy atom. The van der Waals surface area contributed by atoms with Gasteiger partial charge in [0.15, 0.2) is 5.78 Å². The number of hydrogen-bond acceptors (Lipinski definition) is 5. The molecule has 1 fully saturated rings. The number of nitrogens with zero attached hydrogens (tertiary/aromatic N) is 2. The van der Waals surface area contributed by atoms with E-state index in [1.165, 1.54) is 7.05 Å². The van der Waals surface area contributed by atoms with Crippen molar-refractivity contribution < 1.29 is 19.5 Å². The molecule has 0 amide bonds. The summed E-state index contributed by atoms with van der Waals surface area (Å²) in [5.74, 6) is -2.77. The smallest absolute Gasteiger partial charge is 0.264 e. The number of nitrogens with one attached hydrogen (secondary N) is 1. The van der Waals surface area contributed by atoms with Gasteiger partial charge in [-0.05, 0) is 19.3 Å². The number of benzene rings is 1. The van der Waals surface area contributed by atoms with E-state index in [9.17, 15) is 18.8 Å². The number of ketones is 2. The second-order valence-corrected chi connectivity index (χ2v) is 5.26. The van der Waals surface area contributed by atoms with Crippen molar-refractivity contribution in [2.45, 2.75) is 32.1 Å². The maximum atomic E-state index is 13.8. The summed E-state index contributed by atoms with van der Waals surface area (Å²) >= 11 is 0. The van der Waals surface area contributed by atoms with Crippen LogP contribution in [0.3, 0.4) is 0 Å². The maximum absolute atomic E-state index is 13.8. The number of halogens is 1. The van der Waals surface area contributed by atoms with Crippen molar-refractivity contribution >= 4 is 28.2 Å². The van der Waals surface area contributed by atoms with Gasteiger partial charge in [-0.15, -0.1) is 0 Å². The van der Waals surface area contributed by atoms with Crippen molar-refractivity contribution in [1.29, 1.82) is 0 Å². The Balaban J connectivity index is 2.45. The van der Waals surface area contributed by atoms with E-state index in [1.54, 1.807) is 0 Å². The van der Waals surface area contributed by atoms with Crippen LogP contribution in [0.1, 0.15) is 36.6 Å². The highest BCUT2D eigenvalue weighted by molar-refractivity contribution is 6.03. The van der Waals surface area contributed by atoms with Gasteiger partial charge < -0.3 is 5.32 Å². The number of fused-ring (bicyclic) bond motifs is 1. The summed E-state index contributed by atoms with van der Waals surface area (Å²) in [5, 5.41) is 2.50. The zero-order valence-electron chi connectivity index (χ0n) is 16.3. The van der Waals surface area contributed by atoms with E-state index in [2.05, 4.69) is 10.3 Å². The number of aromatic nitrogens is 2. The Morgan fingerprint density at radius 1 is 1.43 bits per heavy atom. The lowest BCUT2D eigenvalue weighted by Crippen LogP contribution is -2.36. The molecule has 7 heteroatoms. The largest absolute Gasteiger partial charge is 0.387 e. The summed E-state index contributed by atoms with van der Waals surface area (Å²) in [6, 6.07) is -0.317. The predicted molar refractivity (Wildman–Crippen MR) is 83.1 cm³/mol. The van der Waals surface area contributed by atoms with Gasteiger partial charge in [-0.2, -0.15) is 0 Å². The van der Waals surface area contributed by atoms with Crippen LogP contribution in [-0.4, -0.2) is 28.2 Å². The van der Waals surface area contributed by atoms with Crippen molar-refractivity contribution in [1.82, 2.24) is 9.55 Å². The van der Waals surface area contributed by atoms with Crippen LogP contribution in [0.15, 0.2) is 16.9 Å². The van der Waals surface area contributed by atoms with Gasteiger partial charge in [-0.3, -0.25) is 19.0 Å². The van der Waals surface area contributed by atoms with E-state index in [0.717, 1.165) is 12.1 Å². The van der Waals surface area contributed by atoms with Gasteiger partial charge >= 0.3 is 0 Å². The average molecular weight is 321 g/mol. The van der Waals surface area contributed by atoms with E-state index in [-0.39, 0.29) is 35.2 Å². The van der Waals surface area contributed by atoms with Crippen LogP contribution in [-0.2, 0) is 9.59 Å². The van der Waals surface area contributed by atoms with Crippen molar-refractivity contribution in [2.75, 3.05) is 12.4 Å². The molecule has 1 aliphatic carbocycles. The standard InChI is InChI=1S/C16H16FN3O3/c1-8-19-12-6-9(17)5-11(18-2)15(12)16(23)20(8)13-4-3-10(21)7-14(13)22/h5-6,13,18H,3-4,7H2,1-2H3/i1D3,13D. The first kappa shape index (κ1) is 11.0. The number of rotatable bonds is 2. The molecule has 0 spiro atoms. The number of Topliss-reactive ketones (excluding diaryl/α,β-unsaturated/α-hetero) is 2. The van der Waals surface area contributed by atoms with Crippen molar-refractivity contribution in [2.24, 2.45) is 0 Å². The van der Waals surface area contributed by atoms with Gasteiger partial charge in [0.2, 0.25) is 0 Å². The van der Waals surface area contributed by atoms with Crippen molar-refractivity contribution in [3.63, 3.8) is 0 Å². The minimum Gasteiger partial charge on any atom is -0.387 e. The lowest BCUT2D eigenvalue weighted by Gasteiger charge is -2.24. The summed E-state index contributed by atoms with van der Waals surface area (Å²) in [6.45, 7) is -2.94. The maximum Gasteiger partial charge on any atom is 0.264 e. The molecular formula is C16H16FN3O3. The van der Waals surface area contributed by atoms with Crippen LogP contribution >= 0.6 is 0 Å². The molecule has 0 aliphatic heterocycles. The van der Waals surface area contributed by atoms with E-state index < -0.39 is 42.3 Å². The first-order chi connectivity index (χ1) is 12.5. The molecule has 23 heavy (non-hydrogen) atoms. The molecule has 2 aromatic rings.